The Hall–Kier alpha value is -3.00. The number of nitrogens with one attached hydrogen (secondary N) is 1. The third-order valence-corrected chi connectivity index (χ3v) is 4.79. The molecule has 1 N–H and O–H groups in total. The van der Waals surface area contributed by atoms with Gasteiger partial charge in [0.15, 0.2) is 0 Å². The smallest absolute Gasteiger partial charge is 0.286 e. The molecule has 0 bridgehead atoms. The monoisotopic (exact) mass is 384 g/mol. The van der Waals surface area contributed by atoms with Crippen LogP contribution in [0.1, 0.15) is 44.3 Å². The van der Waals surface area contributed by atoms with E-state index in [0.717, 1.165) is 17.8 Å². The van der Waals surface area contributed by atoms with Gasteiger partial charge >= 0.3 is 0 Å². The molecule has 0 aliphatic carbocycles. The summed E-state index contributed by atoms with van der Waals surface area (Å²) in [7, 11) is 1.70. The number of anilines is 1. The van der Waals surface area contributed by atoms with Gasteiger partial charge in [0.25, 0.3) is 11.8 Å². The second-order valence-corrected chi connectivity index (χ2v) is 7.09. The van der Waals surface area contributed by atoms with Crippen molar-refractivity contribution in [1.82, 2.24) is 15.1 Å². The summed E-state index contributed by atoms with van der Waals surface area (Å²) in [6.45, 7) is 2.42. The fourth-order valence-electron chi connectivity index (χ4n) is 2.50. The Bertz CT molecular complexity index is 921. The van der Waals surface area contributed by atoms with E-state index in [9.17, 15) is 9.59 Å². The molecule has 3 aromatic rings. The number of carbonyl (C=O) groups is 2. The molecule has 2 heterocycles. The summed E-state index contributed by atoms with van der Waals surface area (Å²) in [5.74, 6) is 0.210. The molecule has 0 saturated heterocycles. The molecule has 2 aromatic heterocycles. The molecule has 0 aliphatic heterocycles. The van der Waals surface area contributed by atoms with Crippen LogP contribution in [0.15, 0.2) is 47.1 Å². The van der Waals surface area contributed by atoms with Gasteiger partial charge in [-0.2, -0.15) is 0 Å². The number of amides is 2. The standard InChI is InChI=1S/C19H20N4O3S/c1-3-6-16-21-22-18(27-16)17(24)20-14-8-4-7-13(11-14)19(25)23(2)12-15-9-5-10-26-15/h4-5,7-11H,3,6,12H2,1-2H3,(H,20,24). The lowest BCUT2D eigenvalue weighted by Crippen LogP contribution is -2.26. The molecule has 0 aliphatic rings. The van der Waals surface area contributed by atoms with E-state index in [-0.39, 0.29) is 11.8 Å². The molecule has 0 unspecified atom stereocenters. The highest BCUT2D eigenvalue weighted by Gasteiger charge is 2.16. The molecule has 0 spiro atoms. The van der Waals surface area contributed by atoms with E-state index in [1.807, 2.05) is 13.0 Å². The summed E-state index contributed by atoms with van der Waals surface area (Å²) in [5, 5.41) is 11.9. The van der Waals surface area contributed by atoms with E-state index in [2.05, 4.69) is 15.5 Å². The van der Waals surface area contributed by atoms with Crippen LogP contribution in [0.2, 0.25) is 0 Å². The van der Waals surface area contributed by atoms with E-state index in [1.54, 1.807) is 48.5 Å². The maximum atomic E-state index is 12.6. The molecule has 0 radical (unpaired) electrons. The Morgan fingerprint density at radius 2 is 2.07 bits per heavy atom. The Morgan fingerprint density at radius 1 is 1.22 bits per heavy atom. The maximum Gasteiger partial charge on any atom is 0.286 e. The Morgan fingerprint density at radius 3 is 2.81 bits per heavy atom. The Labute approximate surface area is 161 Å². The van der Waals surface area contributed by atoms with Crippen molar-refractivity contribution in [2.75, 3.05) is 12.4 Å². The summed E-state index contributed by atoms with van der Waals surface area (Å²) in [5.41, 5.74) is 1.01. The molecule has 27 heavy (non-hydrogen) atoms. The van der Waals surface area contributed by atoms with Crippen LogP contribution in [0.5, 0.6) is 0 Å². The second kappa shape index (κ2) is 8.59. The highest BCUT2D eigenvalue weighted by atomic mass is 32.1. The molecule has 2 amide bonds. The molecule has 0 saturated carbocycles. The fraction of sp³-hybridized carbons (Fsp3) is 0.263. The van der Waals surface area contributed by atoms with Crippen molar-refractivity contribution < 1.29 is 14.0 Å². The van der Waals surface area contributed by atoms with Gasteiger partial charge in [-0.3, -0.25) is 9.59 Å². The molecular formula is C19H20N4O3S. The Balaban J connectivity index is 1.67. The third-order valence-electron chi connectivity index (χ3n) is 3.81. The molecule has 0 atom stereocenters. The average molecular weight is 384 g/mol. The molecule has 1 aromatic carbocycles. The van der Waals surface area contributed by atoms with Crippen molar-refractivity contribution in [2.45, 2.75) is 26.3 Å². The number of nitrogens with zero attached hydrogens (tertiary/aromatic N) is 3. The lowest BCUT2D eigenvalue weighted by Gasteiger charge is -2.16. The second-order valence-electron chi connectivity index (χ2n) is 6.03. The van der Waals surface area contributed by atoms with Gasteiger partial charge in [-0.25, -0.2) is 0 Å². The number of aromatic nitrogens is 2. The number of aryl methyl sites for hydroxylation is 1. The van der Waals surface area contributed by atoms with Crippen molar-refractivity contribution in [3.63, 3.8) is 0 Å². The van der Waals surface area contributed by atoms with E-state index in [4.69, 9.17) is 4.42 Å². The van der Waals surface area contributed by atoms with Crippen LogP contribution < -0.4 is 5.32 Å². The normalized spacial score (nSPS) is 10.6. The van der Waals surface area contributed by atoms with E-state index in [1.165, 1.54) is 11.3 Å². The van der Waals surface area contributed by atoms with E-state index >= 15 is 0 Å². The van der Waals surface area contributed by atoms with Crippen molar-refractivity contribution in [3.05, 3.63) is 64.0 Å². The van der Waals surface area contributed by atoms with Gasteiger partial charge in [-0.15, -0.1) is 10.2 Å². The summed E-state index contributed by atoms with van der Waals surface area (Å²) in [6.07, 6.45) is 3.33. The van der Waals surface area contributed by atoms with Crippen LogP contribution in [0.4, 0.5) is 5.69 Å². The number of rotatable bonds is 7. The first-order valence-electron chi connectivity index (χ1n) is 8.58. The largest absolute Gasteiger partial charge is 0.467 e. The van der Waals surface area contributed by atoms with Crippen LogP contribution in [0, 0.1) is 0 Å². The van der Waals surface area contributed by atoms with Crippen molar-refractivity contribution in [1.29, 1.82) is 0 Å². The van der Waals surface area contributed by atoms with Gasteiger partial charge in [-0.1, -0.05) is 24.3 Å². The summed E-state index contributed by atoms with van der Waals surface area (Å²) < 4.78 is 5.27. The number of carbonyl (C=O) groups excluding carboxylic acids is 2. The van der Waals surface area contributed by atoms with E-state index < -0.39 is 0 Å². The molecule has 8 heteroatoms. The zero-order valence-corrected chi connectivity index (χ0v) is 16.0. The molecule has 7 nitrogen and oxygen atoms in total. The fourth-order valence-corrected chi connectivity index (χ4v) is 3.34. The molecule has 0 fully saturated rings. The van der Waals surface area contributed by atoms with Gasteiger partial charge in [0, 0.05) is 24.7 Å². The van der Waals surface area contributed by atoms with Crippen molar-refractivity contribution in [2.24, 2.45) is 0 Å². The first kappa shape index (κ1) is 18.8. The predicted molar refractivity (Wildman–Crippen MR) is 103 cm³/mol. The van der Waals surface area contributed by atoms with Crippen LogP contribution >= 0.6 is 11.3 Å². The van der Waals surface area contributed by atoms with Gasteiger partial charge in [-0.05, 0) is 36.8 Å². The van der Waals surface area contributed by atoms with Crippen LogP contribution in [0.25, 0.3) is 0 Å². The summed E-state index contributed by atoms with van der Waals surface area (Å²) in [4.78, 5) is 26.5. The lowest BCUT2D eigenvalue weighted by molar-refractivity contribution is 0.0775. The van der Waals surface area contributed by atoms with Crippen LogP contribution in [0.3, 0.4) is 0 Å². The maximum absolute atomic E-state index is 12.6. The van der Waals surface area contributed by atoms with Gasteiger partial charge in [0.1, 0.15) is 10.8 Å². The van der Waals surface area contributed by atoms with Crippen LogP contribution in [-0.2, 0) is 13.0 Å². The first-order valence-corrected chi connectivity index (χ1v) is 9.40. The minimum atomic E-state index is -0.330. The molecular weight excluding hydrogens is 364 g/mol. The highest BCUT2D eigenvalue weighted by molar-refractivity contribution is 7.13. The van der Waals surface area contributed by atoms with Crippen molar-refractivity contribution in [3.8, 4) is 0 Å². The number of hydrogen-bond acceptors (Lipinski definition) is 6. The van der Waals surface area contributed by atoms with E-state index in [0.29, 0.717) is 28.6 Å². The Kier molecular flexibility index (Phi) is 5.97. The predicted octanol–water partition coefficient (Wildman–Crippen LogP) is 3.61. The molecule has 140 valence electrons. The average Bonchev–Trinajstić information content (AvgIpc) is 3.33. The zero-order valence-electron chi connectivity index (χ0n) is 15.1. The summed E-state index contributed by atoms with van der Waals surface area (Å²) in [6, 6.07) is 10.4. The summed E-state index contributed by atoms with van der Waals surface area (Å²) >= 11 is 1.28. The minimum absolute atomic E-state index is 0.163. The van der Waals surface area contributed by atoms with Crippen LogP contribution in [-0.4, -0.2) is 34.0 Å². The number of hydrogen-bond donors (Lipinski definition) is 1. The molecule has 3 rings (SSSR count). The van der Waals surface area contributed by atoms with Gasteiger partial charge < -0.3 is 14.6 Å². The third kappa shape index (κ3) is 4.79. The first-order chi connectivity index (χ1) is 13.1. The number of furan rings is 1. The highest BCUT2D eigenvalue weighted by Crippen LogP contribution is 2.17. The topological polar surface area (TPSA) is 88.3 Å². The van der Waals surface area contributed by atoms with Gasteiger partial charge in [0.05, 0.1) is 12.8 Å². The zero-order chi connectivity index (χ0) is 19.2. The van der Waals surface area contributed by atoms with Crippen molar-refractivity contribution >= 4 is 28.8 Å². The quantitative estimate of drug-likeness (QED) is 0.672. The number of benzene rings is 1. The minimum Gasteiger partial charge on any atom is -0.467 e. The SMILES string of the molecule is CCCc1nnc(C(=O)Nc2cccc(C(=O)N(C)Cc3ccco3)c2)s1. The van der Waals surface area contributed by atoms with Gasteiger partial charge in [0.2, 0.25) is 5.01 Å². The lowest BCUT2D eigenvalue weighted by atomic mass is 10.1.